The third-order valence-electron chi connectivity index (χ3n) is 5.95. The molecule has 1 aliphatic carbocycles. The number of amidine groups is 1. The summed E-state index contributed by atoms with van der Waals surface area (Å²) in [6.07, 6.45) is 8.52. The zero-order valence-corrected chi connectivity index (χ0v) is 19.6. The fourth-order valence-corrected chi connectivity index (χ4v) is 5.37. The first-order chi connectivity index (χ1) is 13.8. The lowest BCUT2D eigenvalue weighted by Crippen LogP contribution is -2.41. The number of quaternary nitrogens is 1. The van der Waals surface area contributed by atoms with Crippen LogP contribution in [0.1, 0.15) is 32.3 Å². The van der Waals surface area contributed by atoms with Gasteiger partial charge in [-0.2, -0.15) is 0 Å². The number of benzene rings is 1. The van der Waals surface area contributed by atoms with E-state index in [1.54, 1.807) is 7.11 Å². The lowest BCUT2D eigenvalue weighted by molar-refractivity contribution is -0.755. The van der Waals surface area contributed by atoms with E-state index in [9.17, 15) is 0 Å². The maximum Gasteiger partial charge on any atom is 0.235 e. The highest BCUT2D eigenvalue weighted by Gasteiger charge is 2.44. The summed E-state index contributed by atoms with van der Waals surface area (Å²) >= 11 is 1.86. The molecular formula is C25H33N2OS+. The minimum atomic E-state index is 0.477. The molecule has 1 aliphatic heterocycles. The van der Waals surface area contributed by atoms with Crippen LogP contribution in [0.2, 0.25) is 0 Å². The van der Waals surface area contributed by atoms with E-state index in [0.29, 0.717) is 10.4 Å². The van der Waals surface area contributed by atoms with Crippen LogP contribution in [0, 0.1) is 12.8 Å². The van der Waals surface area contributed by atoms with E-state index in [0.717, 1.165) is 24.4 Å². The second-order valence-corrected chi connectivity index (χ2v) is 9.34. The van der Waals surface area contributed by atoms with Crippen molar-refractivity contribution in [1.82, 2.24) is 0 Å². The summed E-state index contributed by atoms with van der Waals surface area (Å²) in [6.45, 7) is 6.55. The van der Waals surface area contributed by atoms with Gasteiger partial charge in [-0.3, -0.25) is 0 Å². The van der Waals surface area contributed by atoms with Gasteiger partial charge in [0.1, 0.15) is 5.70 Å². The van der Waals surface area contributed by atoms with E-state index >= 15 is 0 Å². The Morgan fingerprint density at radius 2 is 1.90 bits per heavy atom. The normalized spacial score (nSPS) is 24.2. The zero-order chi connectivity index (χ0) is 21.2. The van der Waals surface area contributed by atoms with Crippen LogP contribution in [0.15, 0.2) is 79.9 Å². The fraction of sp³-hybridized carbons (Fsp3) is 0.400. The molecule has 2 aliphatic rings. The van der Waals surface area contributed by atoms with E-state index in [4.69, 9.17) is 9.73 Å². The predicted octanol–water partition coefficient (Wildman–Crippen LogP) is 6.25. The molecule has 0 N–H and O–H groups in total. The summed E-state index contributed by atoms with van der Waals surface area (Å²) in [7, 11) is 8.18. The SMILES string of the molecule is CC=C1C(=NC)[N+](C)(C)C(CC2=CC=C(OC)CC2C)=C1Sc1ccc(C)cc1. The average Bonchev–Trinajstić information content (AvgIpc) is 2.90. The van der Waals surface area contributed by atoms with E-state index in [2.05, 4.69) is 77.4 Å². The summed E-state index contributed by atoms with van der Waals surface area (Å²) < 4.78 is 6.17. The van der Waals surface area contributed by atoms with Crippen LogP contribution in [0.3, 0.4) is 0 Å². The second kappa shape index (κ2) is 8.76. The summed E-state index contributed by atoms with van der Waals surface area (Å²) in [5.74, 6) is 2.67. The minimum Gasteiger partial charge on any atom is -0.501 e. The van der Waals surface area contributed by atoms with E-state index in [1.165, 1.54) is 32.2 Å². The molecule has 0 amide bonds. The molecule has 0 aromatic heterocycles. The van der Waals surface area contributed by atoms with Crippen molar-refractivity contribution in [2.45, 2.75) is 38.5 Å². The number of ether oxygens (including phenoxy) is 1. The molecule has 0 radical (unpaired) electrons. The van der Waals surface area contributed by atoms with Gasteiger partial charge in [-0.15, -0.1) is 0 Å². The van der Waals surface area contributed by atoms with E-state index in [1.807, 2.05) is 18.8 Å². The summed E-state index contributed by atoms with van der Waals surface area (Å²) in [5.41, 5.74) is 5.42. The first kappa shape index (κ1) is 21.7. The van der Waals surface area contributed by atoms with Gasteiger partial charge >= 0.3 is 0 Å². The Hall–Kier alpha value is -2.04. The predicted molar refractivity (Wildman–Crippen MR) is 125 cm³/mol. The highest BCUT2D eigenvalue weighted by atomic mass is 32.2. The lowest BCUT2D eigenvalue weighted by Gasteiger charge is -2.29. The molecule has 3 nitrogen and oxygen atoms in total. The highest BCUT2D eigenvalue weighted by molar-refractivity contribution is 8.03. The van der Waals surface area contributed by atoms with Crippen LogP contribution in [0.4, 0.5) is 0 Å². The third kappa shape index (κ3) is 4.29. The topological polar surface area (TPSA) is 21.6 Å². The van der Waals surface area contributed by atoms with Crippen molar-refractivity contribution in [3.63, 3.8) is 0 Å². The fourth-order valence-electron chi connectivity index (χ4n) is 4.13. The van der Waals surface area contributed by atoms with Gasteiger partial charge in [-0.1, -0.05) is 54.1 Å². The van der Waals surface area contributed by atoms with E-state index in [-0.39, 0.29) is 0 Å². The minimum absolute atomic E-state index is 0.477. The van der Waals surface area contributed by atoms with Crippen molar-refractivity contribution in [2.24, 2.45) is 10.9 Å². The first-order valence-corrected chi connectivity index (χ1v) is 11.0. The molecule has 4 heteroatoms. The number of methoxy groups -OCH3 is 1. The van der Waals surface area contributed by atoms with Crippen molar-refractivity contribution in [1.29, 1.82) is 0 Å². The Labute approximate surface area is 180 Å². The van der Waals surface area contributed by atoms with Gasteiger partial charge in [0.2, 0.25) is 5.84 Å². The van der Waals surface area contributed by atoms with Crippen LogP contribution in [0.25, 0.3) is 0 Å². The van der Waals surface area contributed by atoms with Crippen molar-refractivity contribution in [2.75, 3.05) is 28.3 Å². The number of hydrogen-bond donors (Lipinski definition) is 0. The average molecular weight is 410 g/mol. The van der Waals surface area contributed by atoms with E-state index < -0.39 is 0 Å². The van der Waals surface area contributed by atoms with Crippen molar-refractivity contribution in [3.05, 3.63) is 75.6 Å². The Morgan fingerprint density at radius 1 is 1.21 bits per heavy atom. The summed E-state index contributed by atoms with van der Waals surface area (Å²) in [4.78, 5) is 7.31. The van der Waals surface area contributed by atoms with Crippen molar-refractivity contribution < 1.29 is 9.22 Å². The number of thioether (sulfide) groups is 1. The molecule has 0 bridgehead atoms. The van der Waals surface area contributed by atoms with Crippen LogP contribution >= 0.6 is 11.8 Å². The zero-order valence-electron chi connectivity index (χ0n) is 18.7. The highest BCUT2D eigenvalue weighted by Crippen LogP contribution is 2.47. The molecule has 0 spiro atoms. The number of likely N-dealkylation sites (N-methyl/N-ethyl adjacent to an activating group) is 1. The van der Waals surface area contributed by atoms with Gasteiger partial charge in [0.25, 0.3) is 0 Å². The standard InChI is InChI=1S/C25H33N2OS/c1-8-22-24(29-21-13-9-17(2)10-14-21)23(27(5,6)25(22)26-4)16-19-11-12-20(28-7)15-18(19)3/h8-14,18H,15-16H2,1-7H3/q+1. The van der Waals surface area contributed by atoms with Crippen molar-refractivity contribution >= 4 is 17.6 Å². The Bertz CT molecular complexity index is 930. The van der Waals surface area contributed by atoms with Gasteiger partial charge < -0.3 is 4.74 Å². The second-order valence-electron chi connectivity index (χ2n) is 8.25. The third-order valence-corrected chi connectivity index (χ3v) is 7.12. The van der Waals surface area contributed by atoms with Gasteiger partial charge in [0.15, 0.2) is 0 Å². The molecule has 1 heterocycles. The number of rotatable bonds is 5. The number of aliphatic imine (C=N–C) groups is 1. The van der Waals surface area contributed by atoms with Crippen LogP contribution in [-0.2, 0) is 4.74 Å². The lowest BCUT2D eigenvalue weighted by atomic mass is 9.89. The number of hydrogen-bond acceptors (Lipinski definition) is 3. The largest absolute Gasteiger partial charge is 0.501 e. The molecule has 0 fully saturated rings. The Morgan fingerprint density at radius 3 is 2.45 bits per heavy atom. The molecule has 1 atom stereocenters. The number of allylic oxidation sites excluding steroid dienone is 5. The Kier molecular flexibility index (Phi) is 6.55. The molecule has 154 valence electrons. The number of aryl methyl sites for hydroxylation is 1. The molecule has 0 saturated heterocycles. The van der Waals surface area contributed by atoms with Crippen LogP contribution in [0.5, 0.6) is 0 Å². The van der Waals surface area contributed by atoms with Crippen LogP contribution < -0.4 is 0 Å². The van der Waals surface area contributed by atoms with Crippen molar-refractivity contribution in [3.8, 4) is 0 Å². The number of nitrogens with zero attached hydrogens (tertiary/aromatic N) is 2. The molecule has 3 rings (SSSR count). The van der Waals surface area contributed by atoms with Crippen LogP contribution in [-0.4, -0.2) is 38.6 Å². The van der Waals surface area contributed by atoms with Gasteiger partial charge in [-0.05, 0) is 38.0 Å². The molecule has 1 aromatic rings. The smallest absolute Gasteiger partial charge is 0.235 e. The molecule has 0 saturated carbocycles. The monoisotopic (exact) mass is 409 g/mol. The molecule has 1 unspecified atom stereocenters. The molecular weight excluding hydrogens is 376 g/mol. The molecule has 29 heavy (non-hydrogen) atoms. The quantitative estimate of drug-likeness (QED) is 0.536. The van der Waals surface area contributed by atoms with Gasteiger partial charge in [0, 0.05) is 24.8 Å². The Balaban J connectivity index is 2.06. The maximum absolute atomic E-state index is 5.47. The van der Waals surface area contributed by atoms with Gasteiger partial charge in [0.05, 0.1) is 37.4 Å². The first-order valence-electron chi connectivity index (χ1n) is 10.2. The summed E-state index contributed by atoms with van der Waals surface area (Å²) in [5, 5.41) is 0. The molecule has 1 aromatic carbocycles. The maximum atomic E-state index is 5.47. The summed E-state index contributed by atoms with van der Waals surface area (Å²) in [6, 6.07) is 8.80. The van der Waals surface area contributed by atoms with Gasteiger partial charge in [-0.25, -0.2) is 9.48 Å².